The van der Waals surface area contributed by atoms with Crippen LogP contribution in [0.3, 0.4) is 0 Å². The number of hydrogen-bond acceptors (Lipinski definition) is 4. The first-order valence-electron chi connectivity index (χ1n) is 8.44. The largest absolute Gasteiger partial charge is 0.324 e. The summed E-state index contributed by atoms with van der Waals surface area (Å²) in [4.78, 5) is 23.0. The van der Waals surface area contributed by atoms with Gasteiger partial charge in [-0.15, -0.1) is 5.10 Å². The average molecular weight is 328 g/mol. The first-order valence-corrected chi connectivity index (χ1v) is 8.44. The Morgan fingerprint density at radius 1 is 1.46 bits per heavy atom. The van der Waals surface area contributed by atoms with Crippen LogP contribution in [0.15, 0.2) is 24.5 Å². The summed E-state index contributed by atoms with van der Waals surface area (Å²) in [7, 11) is 0. The molecule has 0 aromatic carbocycles. The van der Waals surface area contributed by atoms with Crippen molar-refractivity contribution >= 4 is 12.0 Å². The van der Waals surface area contributed by atoms with Crippen LogP contribution in [-0.2, 0) is 6.42 Å². The van der Waals surface area contributed by atoms with Gasteiger partial charge in [-0.1, -0.05) is 6.07 Å². The quantitative estimate of drug-likeness (QED) is 0.936. The van der Waals surface area contributed by atoms with Crippen molar-refractivity contribution in [1.29, 1.82) is 0 Å². The van der Waals surface area contributed by atoms with Crippen LogP contribution in [0.4, 0.5) is 10.7 Å². The summed E-state index contributed by atoms with van der Waals surface area (Å²) in [6.45, 7) is 6.74. The molecule has 7 nitrogen and oxygen atoms in total. The molecule has 2 aromatic rings. The van der Waals surface area contributed by atoms with Crippen molar-refractivity contribution in [3.8, 4) is 0 Å². The van der Waals surface area contributed by atoms with Crippen LogP contribution in [-0.4, -0.2) is 43.3 Å². The third-order valence-electron chi connectivity index (χ3n) is 4.34. The summed E-state index contributed by atoms with van der Waals surface area (Å²) in [6.07, 6.45) is 6.49. The van der Waals surface area contributed by atoms with Crippen molar-refractivity contribution in [3.63, 3.8) is 0 Å². The maximum absolute atomic E-state index is 12.6. The van der Waals surface area contributed by atoms with Crippen molar-refractivity contribution in [2.75, 3.05) is 11.9 Å². The molecule has 1 aliphatic heterocycles. The number of likely N-dealkylation sites (tertiary alicyclic amines) is 1. The van der Waals surface area contributed by atoms with Gasteiger partial charge in [0.05, 0.1) is 0 Å². The second-order valence-corrected chi connectivity index (χ2v) is 6.51. The van der Waals surface area contributed by atoms with Crippen LogP contribution >= 0.6 is 0 Å². The smallest absolute Gasteiger partial charge is 0.321 e. The summed E-state index contributed by atoms with van der Waals surface area (Å²) in [5, 5.41) is 7.21. The Balaban J connectivity index is 1.66. The SMILES string of the molecule is Cc1nc(NC(=O)N2CCCC2Cc2cccnc2)nn1C(C)C. The van der Waals surface area contributed by atoms with Gasteiger partial charge in [0.15, 0.2) is 0 Å². The highest BCUT2D eigenvalue weighted by Crippen LogP contribution is 2.22. The molecule has 1 N–H and O–H groups in total. The fraction of sp³-hybridized carbons (Fsp3) is 0.529. The van der Waals surface area contributed by atoms with E-state index in [1.165, 1.54) is 0 Å². The van der Waals surface area contributed by atoms with E-state index < -0.39 is 0 Å². The van der Waals surface area contributed by atoms with E-state index in [0.29, 0.717) is 5.95 Å². The van der Waals surface area contributed by atoms with E-state index in [9.17, 15) is 4.79 Å². The zero-order valence-corrected chi connectivity index (χ0v) is 14.4. The number of carbonyl (C=O) groups excluding carboxylic acids is 1. The van der Waals surface area contributed by atoms with Crippen LogP contribution < -0.4 is 5.32 Å². The van der Waals surface area contributed by atoms with Gasteiger partial charge in [0.1, 0.15) is 5.82 Å². The monoisotopic (exact) mass is 328 g/mol. The van der Waals surface area contributed by atoms with Crippen LogP contribution in [0, 0.1) is 6.92 Å². The van der Waals surface area contributed by atoms with Gasteiger partial charge in [0.25, 0.3) is 0 Å². The lowest BCUT2D eigenvalue weighted by molar-refractivity contribution is 0.206. The zero-order valence-electron chi connectivity index (χ0n) is 14.4. The molecule has 0 aliphatic carbocycles. The Bertz CT molecular complexity index is 696. The molecule has 0 radical (unpaired) electrons. The highest BCUT2D eigenvalue weighted by Gasteiger charge is 2.29. The van der Waals surface area contributed by atoms with Gasteiger partial charge in [0.2, 0.25) is 5.95 Å². The topological polar surface area (TPSA) is 75.9 Å². The minimum Gasteiger partial charge on any atom is -0.321 e. The molecule has 0 spiro atoms. The molecular weight excluding hydrogens is 304 g/mol. The highest BCUT2D eigenvalue weighted by atomic mass is 16.2. The number of amides is 2. The molecule has 24 heavy (non-hydrogen) atoms. The Hall–Kier alpha value is -2.44. The predicted molar refractivity (Wildman–Crippen MR) is 91.8 cm³/mol. The Labute approximate surface area is 142 Å². The molecule has 2 amide bonds. The third kappa shape index (κ3) is 3.55. The van der Waals surface area contributed by atoms with E-state index in [1.54, 1.807) is 6.20 Å². The molecule has 3 rings (SSSR count). The lowest BCUT2D eigenvalue weighted by Crippen LogP contribution is -2.40. The van der Waals surface area contributed by atoms with Gasteiger partial charge >= 0.3 is 6.03 Å². The number of carbonyl (C=O) groups is 1. The second kappa shape index (κ2) is 6.98. The Morgan fingerprint density at radius 2 is 2.29 bits per heavy atom. The number of aromatic nitrogens is 4. The van der Waals surface area contributed by atoms with Crippen molar-refractivity contribution in [1.82, 2.24) is 24.6 Å². The third-order valence-corrected chi connectivity index (χ3v) is 4.34. The molecule has 1 saturated heterocycles. The van der Waals surface area contributed by atoms with E-state index in [4.69, 9.17) is 0 Å². The highest BCUT2D eigenvalue weighted by molar-refractivity contribution is 5.87. The molecule has 1 fully saturated rings. The van der Waals surface area contributed by atoms with Crippen LogP contribution in [0.2, 0.25) is 0 Å². The summed E-state index contributed by atoms with van der Waals surface area (Å²) in [5.74, 6) is 1.17. The number of anilines is 1. The molecule has 2 aromatic heterocycles. The molecule has 3 heterocycles. The molecule has 1 atom stereocenters. The standard InChI is InChI=1S/C17H24N6O/c1-12(2)23-13(3)19-16(21-23)20-17(24)22-9-5-7-15(22)10-14-6-4-8-18-11-14/h4,6,8,11-12,15H,5,7,9-10H2,1-3H3,(H,20,21,24). The number of hydrogen-bond donors (Lipinski definition) is 1. The van der Waals surface area contributed by atoms with Crippen molar-refractivity contribution < 1.29 is 4.79 Å². The summed E-state index contributed by atoms with van der Waals surface area (Å²) in [5.41, 5.74) is 1.15. The average Bonchev–Trinajstić information content (AvgIpc) is 3.15. The summed E-state index contributed by atoms with van der Waals surface area (Å²) in [6, 6.07) is 4.27. The minimum absolute atomic E-state index is 0.123. The van der Waals surface area contributed by atoms with Crippen molar-refractivity contribution in [2.45, 2.75) is 52.1 Å². The van der Waals surface area contributed by atoms with E-state index in [-0.39, 0.29) is 18.1 Å². The van der Waals surface area contributed by atoms with Gasteiger partial charge in [-0.3, -0.25) is 10.3 Å². The normalized spacial score (nSPS) is 17.5. The first-order chi connectivity index (χ1) is 11.5. The maximum atomic E-state index is 12.6. The van der Waals surface area contributed by atoms with Crippen molar-refractivity contribution in [3.05, 3.63) is 35.9 Å². The molecular formula is C17H24N6O. The van der Waals surface area contributed by atoms with E-state index in [1.807, 2.05) is 42.6 Å². The van der Waals surface area contributed by atoms with Crippen LogP contribution in [0.1, 0.15) is 44.1 Å². The second-order valence-electron chi connectivity index (χ2n) is 6.51. The number of pyridine rings is 1. The van der Waals surface area contributed by atoms with Gasteiger partial charge in [-0.05, 0) is 51.7 Å². The molecule has 0 bridgehead atoms. The fourth-order valence-corrected chi connectivity index (χ4v) is 3.22. The maximum Gasteiger partial charge on any atom is 0.324 e. The number of aryl methyl sites for hydroxylation is 1. The summed E-state index contributed by atoms with van der Waals surface area (Å²) < 4.78 is 1.81. The van der Waals surface area contributed by atoms with Gasteiger partial charge in [-0.2, -0.15) is 4.98 Å². The van der Waals surface area contributed by atoms with Gasteiger partial charge in [0, 0.05) is 31.0 Å². The number of nitrogens with one attached hydrogen (secondary N) is 1. The van der Waals surface area contributed by atoms with Crippen molar-refractivity contribution in [2.24, 2.45) is 0 Å². The molecule has 7 heteroatoms. The fourth-order valence-electron chi connectivity index (χ4n) is 3.22. The number of rotatable bonds is 4. The lowest BCUT2D eigenvalue weighted by Gasteiger charge is -2.24. The lowest BCUT2D eigenvalue weighted by atomic mass is 10.1. The predicted octanol–water partition coefficient (Wildman–Crippen LogP) is 2.80. The summed E-state index contributed by atoms with van der Waals surface area (Å²) >= 11 is 0. The van der Waals surface area contributed by atoms with E-state index >= 15 is 0 Å². The number of nitrogens with zero attached hydrogens (tertiary/aromatic N) is 5. The molecule has 1 aliphatic rings. The molecule has 128 valence electrons. The van der Waals surface area contributed by atoms with E-state index in [0.717, 1.165) is 37.2 Å². The zero-order chi connectivity index (χ0) is 17.1. The van der Waals surface area contributed by atoms with Crippen LogP contribution in [0.25, 0.3) is 0 Å². The number of urea groups is 1. The first kappa shape index (κ1) is 16.4. The van der Waals surface area contributed by atoms with Gasteiger partial charge < -0.3 is 4.90 Å². The van der Waals surface area contributed by atoms with Crippen LogP contribution in [0.5, 0.6) is 0 Å². The Kier molecular flexibility index (Phi) is 4.78. The molecule has 0 saturated carbocycles. The Morgan fingerprint density at radius 3 is 2.96 bits per heavy atom. The van der Waals surface area contributed by atoms with Gasteiger partial charge in [-0.25, -0.2) is 9.48 Å². The minimum atomic E-state index is -0.123. The van der Waals surface area contributed by atoms with E-state index in [2.05, 4.69) is 26.4 Å². The molecule has 1 unspecified atom stereocenters.